The highest BCUT2D eigenvalue weighted by Crippen LogP contribution is 2.41. The highest BCUT2D eigenvalue weighted by atomic mass is 19.2. The van der Waals surface area contributed by atoms with Gasteiger partial charge >= 0.3 is 0 Å². The van der Waals surface area contributed by atoms with Crippen molar-refractivity contribution in [3.05, 3.63) is 77.2 Å². The predicted octanol–water partition coefficient (Wildman–Crippen LogP) is 5.24. The van der Waals surface area contributed by atoms with Gasteiger partial charge in [-0.15, -0.1) is 0 Å². The molecule has 0 amide bonds. The molecule has 0 fully saturated rings. The Balaban J connectivity index is 2.26. The fourth-order valence-electron chi connectivity index (χ4n) is 3.74. The van der Waals surface area contributed by atoms with Gasteiger partial charge in [0, 0.05) is 18.9 Å². The van der Waals surface area contributed by atoms with Crippen molar-refractivity contribution in [1.29, 1.82) is 0 Å². The minimum Gasteiger partial charge on any atom is -0.248 e. The van der Waals surface area contributed by atoms with Gasteiger partial charge in [0.2, 0.25) is 0 Å². The van der Waals surface area contributed by atoms with Gasteiger partial charge in [0.25, 0.3) is 6.71 Å². The van der Waals surface area contributed by atoms with E-state index in [9.17, 15) is 22.0 Å². The highest BCUT2D eigenvalue weighted by Gasteiger charge is 2.58. The highest BCUT2D eigenvalue weighted by molar-refractivity contribution is 6.80. The van der Waals surface area contributed by atoms with Crippen LogP contribution < -0.4 is 5.46 Å². The molecule has 0 heterocycles. The third-order valence-corrected chi connectivity index (χ3v) is 4.88. The number of alkyl halides is 2. The zero-order valence-electron chi connectivity index (χ0n) is 14.2. The van der Waals surface area contributed by atoms with Crippen LogP contribution in [-0.4, -0.2) is 17.8 Å². The second-order valence-corrected chi connectivity index (χ2v) is 6.78. The van der Waals surface area contributed by atoms with Crippen LogP contribution in [0.4, 0.5) is 30.7 Å². The summed E-state index contributed by atoms with van der Waals surface area (Å²) in [7, 11) is 0. The molecule has 1 aromatic carbocycles. The van der Waals surface area contributed by atoms with Gasteiger partial charge < -0.3 is 0 Å². The maximum Gasteiger partial charge on any atom is 0.278 e. The van der Waals surface area contributed by atoms with Gasteiger partial charge in [-0.3, -0.25) is 0 Å². The van der Waals surface area contributed by atoms with Gasteiger partial charge in [-0.25, -0.2) is 30.7 Å². The summed E-state index contributed by atoms with van der Waals surface area (Å²) in [5.74, 6) is -6.27. The molecule has 1 aromatic rings. The standard InChI is InChI=1S/C19H14BF7/c1-11-16(14(23)8-15(24)17(11)25)20(18(26)6-2-4-12(21)9-18)19(27)7-3-5-13(22)10-19/h2-8H,9-10H2,1H3. The molecule has 0 aliphatic heterocycles. The Kier molecular flexibility index (Phi) is 4.86. The lowest BCUT2D eigenvalue weighted by atomic mass is 9.25. The van der Waals surface area contributed by atoms with Crippen LogP contribution in [0, 0.1) is 24.4 Å². The SMILES string of the molecule is Cc1c(F)c(F)cc(F)c1B(C1(F)C=CC=C(F)C1)C1(F)C=CC=C(F)C1. The van der Waals surface area contributed by atoms with Crippen LogP contribution >= 0.6 is 0 Å². The quantitative estimate of drug-likeness (QED) is 0.379. The summed E-state index contributed by atoms with van der Waals surface area (Å²) in [5, 5.41) is 0. The second kappa shape index (κ2) is 6.73. The molecule has 0 saturated heterocycles. The van der Waals surface area contributed by atoms with E-state index in [1.807, 2.05) is 0 Å². The Bertz CT molecular complexity index is 860. The molecule has 2 atom stereocenters. The van der Waals surface area contributed by atoms with Crippen LogP contribution in [0.25, 0.3) is 0 Å². The number of rotatable bonds is 3. The predicted molar refractivity (Wildman–Crippen MR) is 90.0 cm³/mol. The summed E-state index contributed by atoms with van der Waals surface area (Å²) in [6.45, 7) is -1.18. The minimum absolute atomic E-state index is 0.175. The molecule has 27 heavy (non-hydrogen) atoms. The van der Waals surface area contributed by atoms with Crippen molar-refractivity contribution >= 4 is 12.2 Å². The molecule has 8 heteroatoms. The van der Waals surface area contributed by atoms with Crippen molar-refractivity contribution in [2.45, 2.75) is 30.9 Å². The molecule has 2 aliphatic rings. The van der Waals surface area contributed by atoms with Gasteiger partial charge in [-0.1, -0.05) is 24.3 Å². The van der Waals surface area contributed by atoms with Crippen molar-refractivity contribution < 1.29 is 30.7 Å². The zero-order chi connectivity index (χ0) is 20.0. The molecule has 0 saturated carbocycles. The number of hydrogen-bond acceptors (Lipinski definition) is 0. The molecule has 0 spiro atoms. The summed E-state index contributed by atoms with van der Waals surface area (Å²) < 4.78 is 101. The van der Waals surface area contributed by atoms with Crippen LogP contribution in [0.5, 0.6) is 0 Å². The van der Waals surface area contributed by atoms with Crippen LogP contribution in [0.2, 0.25) is 0 Å². The topological polar surface area (TPSA) is 0 Å². The monoisotopic (exact) mass is 386 g/mol. The van der Waals surface area contributed by atoms with Crippen LogP contribution in [0.15, 0.2) is 54.2 Å². The smallest absolute Gasteiger partial charge is 0.248 e. The lowest BCUT2D eigenvalue weighted by Gasteiger charge is -2.39. The lowest BCUT2D eigenvalue weighted by Crippen LogP contribution is -2.64. The van der Waals surface area contributed by atoms with E-state index < -0.39 is 70.8 Å². The molecule has 0 nitrogen and oxygen atoms in total. The first-order chi connectivity index (χ1) is 12.6. The summed E-state index contributed by atoms with van der Waals surface area (Å²) in [6.07, 6.45) is 3.63. The van der Waals surface area contributed by atoms with Crippen LogP contribution in [-0.2, 0) is 0 Å². The van der Waals surface area contributed by atoms with Crippen molar-refractivity contribution in [3.8, 4) is 0 Å². The second-order valence-electron chi connectivity index (χ2n) is 6.78. The summed E-state index contributed by atoms with van der Waals surface area (Å²) in [6, 6.07) is 0.175. The Labute approximate surface area is 151 Å². The van der Waals surface area contributed by atoms with Gasteiger partial charge in [-0.05, 0) is 30.1 Å². The normalized spacial score (nSPS) is 27.4. The maximum atomic E-state index is 15.8. The van der Waals surface area contributed by atoms with E-state index in [0.717, 1.165) is 43.4 Å². The molecule has 142 valence electrons. The van der Waals surface area contributed by atoms with Crippen molar-refractivity contribution in [2.24, 2.45) is 0 Å². The molecular weight excluding hydrogens is 372 g/mol. The molecule has 0 aromatic heterocycles. The Morgan fingerprint density at radius 1 is 0.815 bits per heavy atom. The largest absolute Gasteiger partial charge is 0.278 e. The van der Waals surface area contributed by atoms with E-state index in [4.69, 9.17) is 0 Å². The zero-order valence-corrected chi connectivity index (χ0v) is 14.2. The van der Waals surface area contributed by atoms with Crippen molar-refractivity contribution in [3.63, 3.8) is 0 Å². The number of benzene rings is 1. The van der Waals surface area contributed by atoms with Crippen molar-refractivity contribution in [2.75, 3.05) is 0 Å². The Hall–Kier alpha value is -2.25. The van der Waals surface area contributed by atoms with E-state index in [1.54, 1.807) is 0 Å². The lowest BCUT2D eigenvalue weighted by molar-refractivity contribution is 0.258. The molecule has 3 rings (SSSR count). The number of halogens is 7. The molecule has 0 radical (unpaired) electrons. The number of allylic oxidation sites excluding steroid dienone is 8. The van der Waals surface area contributed by atoms with Gasteiger partial charge in [-0.2, -0.15) is 0 Å². The number of hydrogen-bond donors (Lipinski definition) is 0. The minimum atomic E-state index is -2.83. The van der Waals surface area contributed by atoms with Crippen molar-refractivity contribution in [1.82, 2.24) is 0 Å². The van der Waals surface area contributed by atoms with Gasteiger partial charge in [0.1, 0.15) is 28.6 Å². The fraction of sp³-hybridized carbons (Fsp3) is 0.263. The summed E-state index contributed by atoms with van der Waals surface area (Å²) in [4.78, 5) is 0. The first-order valence-electron chi connectivity index (χ1n) is 8.17. The third-order valence-electron chi connectivity index (χ3n) is 4.88. The van der Waals surface area contributed by atoms with Gasteiger partial charge in [0.15, 0.2) is 11.6 Å². The molecule has 2 unspecified atom stereocenters. The average molecular weight is 386 g/mol. The van der Waals surface area contributed by atoms with Gasteiger partial charge in [0.05, 0.1) is 0 Å². The van der Waals surface area contributed by atoms with E-state index in [2.05, 4.69) is 0 Å². The molecule has 0 bridgehead atoms. The van der Waals surface area contributed by atoms with E-state index >= 15 is 8.78 Å². The van der Waals surface area contributed by atoms with E-state index in [0.29, 0.717) is 0 Å². The average Bonchev–Trinajstić information content (AvgIpc) is 2.56. The summed E-state index contributed by atoms with van der Waals surface area (Å²) in [5.41, 5.74) is -7.10. The Morgan fingerprint density at radius 3 is 1.74 bits per heavy atom. The third kappa shape index (κ3) is 3.37. The van der Waals surface area contributed by atoms with E-state index in [-0.39, 0.29) is 6.07 Å². The molecular formula is C19H14BF7. The van der Waals surface area contributed by atoms with Crippen LogP contribution in [0.3, 0.4) is 0 Å². The Morgan fingerprint density at radius 2 is 1.30 bits per heavy atom. The van der Waals surface area contributed by atoms with Crippen LogP contribution in [0.1, 0.15) is 18.4 Å². The fourth-order valence-corrected chi connectivity index (χ4v) is 3.74. The van der Waals surface area contributed by atoms with E-state index in [1.165, 1.54) is 0 Å². The first kappa shape index (κ1) is 19.5. The first-order valence-corrected chi connectivity index (χ1v) is 8.17. The molecule has 2 aliphatic carbocycles. The molecule has 0 N–H and O–H groups in total. The maximum absolute atomic E-state index is 15.8. The summed E-state index contributed by atoms with van der Waals surface area (Å²) >= 11 is 0.